The van der Waals surface area contributed by atoms with E-state index in [0.29, 0.717) is 24.5 Å². The topological polar surface area (TPSA) is 49.6 Å². The molecule has 1 saturated carbocycles. The molecule has 2 atom stereocenters. The number of hydrogen-bond acceptors (Lipinski definition) is 3. The summed E-state index contributed by atoms with van der Waals surface area (Å²) in [5.41, 5.74) is 5.74. The number of carbonyl (C=O) groups excluding carboxylic acids is 1. The molecule has 19 heavy (non-hydrogen) atoms. The molecule has 4 nitrogen and oxygen atoms in total. The zero-order valence-electron chi connectivity index (χ0n) is 12.1. The van der Waals surface area contributed by atoms with Crippen molar-refractivity contribution in [1.29, 1.82) is 0 Å². The molecular weight excluding hydrogens is 238 g/mol. The lowest BCUT2D eigenvalue weighted by atomic mass is 9.83. The van der Waals surface area contributed by atoms with Gasteiger partial charge in [-0.05, 0) is 39.2 Å². The number of hydrogen-bond donors (Lipinski definition) is 1. The Hall–Kier alpha value is -0.610. The highest BCUT2D eigenvalue weighted by molar-refractivity contribution is 5.83. The fraction of sp³-hybridized carbons (Fsp3) is 0.933. The minimum Gasteiger partial charge on any atom is -0.337 e. The summed E-state index contributed by atoms with van der Waals surface area (Å²) >= 11 is 0. The number of fused-ring (bicyclic) bond motifs is 1. The maximum atomic E-state index is 13.0. The van der Waals surface area contributed by atoms with Crippen molar-refractivity contribution < 1.29 is 4.79 Å². The third-order valence-electron chi connectivity index (χ3n) is 5.60. The molecule has 4 heteroatoms. The van der Waals surface area contributed by atoms with Crippen molar-refractivity contribution in [2.45, 2.75) is 57.5 Å². The van der Waals surface area contributed by atoms with Crippen LogP contribution in [0.25, 0.3) is 0 Å². The summed E-state index contributed by atoms with van der Waals surface area (Å²) < 4.78 is 0. The summed E-state index contributed by atoms with van der Waals surface area (Å²) in [5.74, 6) is 0.353. The molecule has 3 rings (SSSR count). The molecule has 0 radical (unpaired) electrons. The lowest BCUT2D eigenvalue weighted by Crippen LogP contribution is -2.60. The van der Waals surface area contributed by atoms with Crippen LogP contribution in [-0.2, 0) is 4.79 Å². The van der Waals surface area contributed by atoms with Crippen LogP contribution in [0.1, 0.15) is 45.4 Å². The van der Waals surface area contributed by atoms with E-state index >= 15 is 0 Å². The van der Waals surface area contributed by atoms with Gasteiger partial charge in [0.2, 0.25) is 5.91 Å². The third-order valence-corrected chi connectivity index (χ3v) is 5.60. The van der Waals surface area contributed by atoms with Crippen molar-refractivity contribution in [3.05, 3.63) is 0 Å². The van der Waals surface area contributed by atoms with Gasteiger partial charge in [-0.3, -0.25) is 9.69 Å². The fourth-order valence-corrected chi connectivity index (χ4v) is 4.33. The molecule has 2 aliphatic heterocycles. The van der Waals surface area contributed by atoms with Crippen molar-refractivity contribution >= 4 is 5.91 Å². The molecule has 2 unspecified atom stereocenters. The SMILES string of the molecule is CC1CN2CCCC2CN1C(=O)C1(CN)CCCC1. The Bertz CT molecular complexity index is 351. The minimum atomic E-state index is -0.227. The van der Waals surface area contributed by atoms with Gasteiger partial charge in [-0.2, -0.15) is 0 Å². The highest BCUT2D eigenvalue weighted by Crippen LogP contribution is 2.40. The van der Waals surface area contributed by atoms with Crippen LogP contribution in [-0.4, -0.2) is 54.0 Å². The van der Waals surface area contributed by atoms with Crippen LogP contribution in [0.2, 0.25) is 0 Å². The molecule has 108 valence electrons. The second-order valence-corrected chi connectivity index (χ2v) is 6.79. The van der Waals surface area contributed by atoms with Gasteiger partial charge >= 0.3 is 0 Å². The third kappa shape index (κ3) is 2.19. The zero-order chi connectivity index (χ0) is 13.5. The van der Waals surface area contributed by atoms with Gasteiger partial charge in [0, 0.05) is 31.7 Å². The normalized spacial score (nSPS) is 34.5. The Kier molecular flexibility index (Phi) is 3.56. The van der Waals surface area contributed by atoms with Crippen LogP contribution >= 0.6 is 0 Å². The van der Waals surface area contributed by atoms with Crippen molar-refractivity contribution in [3.8, 4) is 0 Å². The van der Waals surface area contributed by atoms with Crippen molar-refractivity contribution in [2.75, 3.05) is 26.2 Å². The number of carbonyl (C=O) groups is 1. The van der Waals surface area contributed by atoms with Crippen molar-refractivity contribution in [3.63, 3.8) is 0 Å². The van der Waals surface area contributed by atoms with Gasteiger partial charge in [-0.25, -0.2) is 0 Å². The van der Waals surface area contributed by atoms with E-state index in [1.165, 1.54) is 32.2 Å². The molecular formula is C15H27N3O. The Morgan fingerprint density at radius 1 is 1.26 bits per heavy atom. The van der Waals surface area contributed by atoms with Crippen LogP contribution in [0.4, 0.5) is 0 Å². The van der Waals surface area contributed by atoms with Gasteiger partial charge in [0.1, 0.15) is 0 Å². The summed E-state index contributed by atoms with van der Waals surface area (Å²) in [7, 11) is 0. The lowest BCUT2D eigenvalue weighted by molar-refractivity contribution is -0.147. The quantitative estimate of drug-likeness (QED) is 0.816. The second kappa shape index (κ2) is 5.06. The first kappa shape index (κ1) is 13.4. The van der Waals surface area contributed by atoms with E-state index in [1.54, 1.807) is 0 Å². The predicted octanol–water partition coefficient (Wildman–Crippen LogP) is 1.20. The second-order valence-electron chi connectivity index (χ2n) is 6.79. The molecule has 0 spiro atoms. The van der Waals surface area contributed by atoms with Crippen LogP contribution in [0, 0.1) is 5.41 Å². The molecule has 0 aromatic rings. The number of amides is 1. The molecule has 2 N–H and O–H groups in total. The van der Waals surface area contributed by atoms with Gasteiger partial charge in [0.25, 0.3) is 0 Å². The smallest absolute Gasteiger partial charge is 0.230 e. The summed E-state index contributed by atoms with van der Waals surface area (Å²) in [4.78, 5) is 17.7. The molecule has 1 amide bonds. The molecule has 0 bridgehead atoms. The summed E-state index contributed by atoms with van der Waals surface area (Å²) in [6.45, 7) is 5.94. The first-order valence-electron chi connectivity index (χ1n) is 7.91. The number of piperazine rings is 1. The van der Waals surface area contributed by atoms with E-state index in [-0.39, 0.29) is 5.41 Å². The first-order valence-corrected chi connectivity index (χ1v) is 7.91. The average molecular weight is 265 g/mol. The Morgan fingerprint density at radius 3 is 2.68 bits per heavy atom. The largest absolute Gasteiger partial charge is 0.337 e. The molecule has 2 heterocycles. The zero-order valence-corrected chi connectivity index (χ0v) is 12.1. The van der Waals surface area contributed by atoms with Gasteiger partial charge in [0.05, 0.1) is 5.41 Å². The molecule has 0 aromatic heterocycles. The van der Waals surface area contributed by atoms with E-state index in [2.05, 4.69) is 16.7 Å². The van der Waals surface area contributed by atoms with Crippen molar-refractivity contribution in [2.24, 2.45) is 11.1 Å². The summed E-state index contributed by atoms with van der Waals surface area (Å²) in [6.07, 6.45) is 6.88. The number of nitrogens with two attached hydrogens (primary N) is 1. The summed E-state index contributed by atoms with van der Waals surface area (Å²) in [5, 5.41) is 0. The Labute approximate surface area is 116 Å². The van der Waals surface area contributed by atoms with Gasteiger partial charge < -0.3 is 10.6 Å². The van der Waals surface area contributed by atoms with E-state index in [4.69, 9.17) is 5.73 Å². The van der Waals surface area contributed by atoms with Crippen LogP contribution in [0.3, 0.4) is 0 Å². The summed E-state index contributed by atoms with van der Waals surface area (Å²) in [6, 6.07) is 0.960. The standard InChI is InChI=1S/C15H27N3O/c1-12-9-17-8-4-5-13(17)10-18(12)14(19)15(11-16)6-2-3-7-15/h12-13H,2-11,16H2,1H3. The molecule has 2 saturated heterocycles. The Balaban J connectivity index is 1.75. The average Bonchev–Trinajstić information content (AvgIpc) is 3.06. The van der Waals surface area contributed by atoms with E-state index < -0.39 is 0 Å². The van der Waals surface area contributed by atoms with E-state index in [0.717, 1.165) is 25.9 Å². The molecule has 3 fully saturated rings. The predicted molar refractivity (Wildman–Crippen MR) is 75.7 cm³/mol. The fourth-order valence-electron chi connectivity index (χ4n) is 4.33. The molecule has 3 aliphatic rings. The van der Waals surface area contributed by atoms with E-state index in [9.17, 15) is 4.79 Å². The minimum absolute atomic E-state index is 0.227. The van der Waals surface area contributed by atoms with Gasteiger partial charge in [-0.1, -0.05) is 12.8 Å². The number of rotatable bonds is 2. The van der Waals surface area contributed by atoms with Crippen LogP contribution in [0.5, 0.6) is 0 Å². The van der Waals surface area contributed by atoms with Crippen LogP contribution < -0.4 is 5.73 Å². The Morgan fingerprint density at radius 2 is 2.00 bits per heavy atom. The highest BCUT2D eigenvalue weighted by Gasteiger charge is 2.46. The molecule has 0 aromatic carbocycles. The first-order chi connectivity index (χ1) is 9.16. The maximum absolute atomic E-state index is 13.0. The molecule has 1 aliphatic carbocycles. The highest BCUT2D eigenvalue weighted by atomic mass is 16.2. The number of nitrogens with zero attached hydrogens (tertiary/aromatic N) is 2. The van der Waals surface area contributed by atoms with Gasteiger partial charge in [-0.15, -0.1) is 0 Å². The lowest BCUT2D eigenvalue weighted by Gasteiger charge is -2.45. The maximum Gasteiger partial charge on any atom is 0.230 e. The van der Waals surface area contributed by atoms with Crippen LogP contribution in [0.15, 0.2) is 0 Å². The van der Waals surface area contributed by atoms with Crippen molar-refractivity contribution in [1.82, 2.24) is 9.80 Å². The van der Waals surface area contributed by atoms with E-state index in [1.807, 2.05) is 0 Å². The van der Waals surface area contributed by atoms with Gasteiger partial charge in [0.15, 0.2) is 0 Å². The monoisotopic (exact) mass is 265 g/mol.